The smallest absolute Gasteiger partial charge is 0.240 e. The molecule has 0 unspecified atom stereocenters. The topological polar surface area (TPSA) is 89.0 Å². The van der Waals surface area contributed by atoms with E-state index in [1.165, 1.54) is 6.21 Å². The van der Waals surface area contributed by atoms with Gasteiger partial charge in [0.15, 0.2) is 0 Å². The van der Waals surface area contributed by atoms with Crippen molar-refractivity contribution in [3.05, 3.63) is 54.1 Å². The number of hydrogen-bond acceptors (Lipinski definition) is 5. The van der Waals surface area contributed by atoms with E-state index in [2.05, 4.69) is 15.8 Å². The molecule has 0 fully saturated rings. The Morgan fingerprint density at radius 3 is 2.46 bits per heavy atom. The maximum Gasteiger partial charge on any atom is 0.240 e. The molecule has 0 saturated heterocycles. The van der Waals surface area contributed by atoms with Crippen molar-refractivity contribution in [2.75, 3.05) is 19.0 Å². The molecular weight excluding hydrogens is 358 g/mol. The summed E-state index contributed by atoms with van der Waals surface area (Å²) in [7, 11) is 1.57. The van der Waals surface area contributed by atoms with E-state index >= 15 is 0 Å². The van der Waals surface area contributed by atoms with Gasteiger partial charge in [0.25, 0.3) is 0 Å². The lowest BCUT2D eigenvalue weighted by Gasteiger charge is -2.07. The van der Waals surface area contributed by atoms with Gasteiger partial charge in [0.05, 0.1) is 19.9 Å². The number of benzene rings is 2. The number of hydrogen-bond donors (Lipinski definition) is 2. The van der Waals surface area contributed by atoms with E-state index in [0.29, 0.717) is 23.8 Å². The molecule has 2 amide bonds. The summed E-state index contributed by atoms with van der Waals surface area (Å²) in [6.07, 6.45) is 2.53. The van der Waals surface area contributed by atoms with Gasteiger partial charge < -0.3 is 14.8 Å². The van der Waals surface area contributed by atoms with E-state index in [-0.39, 0.29) is 24.7 Å². The third kappa shape index (κ3) is 7.11. The average Bonchev–Trinajstić information content (AvgIpc) is 2.72. The second-order valence-electron chi connectivity index (χ2n) is 5.96. The summed E-state index contributed by atoms with van der Waals surface area (Å²) in [5, 5.41) is 6.67. The highest BCUT2D eigenvalue weighted by Crippen LogP contribution is 2.16. The largest absolute Gasteiger partial charge is 0.497 e. The summed E-state index contributed by atoms with van der Waals surface area (Å²) in [5.41, 5.74) is 3.85. The van der Waals surface area contributed by atoms with E-state index in [1.54, 1.807) is 31.4 Å². The van der Waals surface area contributed by atoms with Crippen LogP contribution in [-0.4, -0.2) is 31.7 Å². The molecule has 2 N–H and O–H groups in total. The second kappa shape index (κ2) is 11.4. The molecule has 7 heteroatoms. The Morgan fingerprint density at radius 2 is 1.75 bits per heavy atom. The highest BCUT2D eigenvalue weighted by molar-refractivity contribution is 5.93. The van der Waals surface area contributed by atoms with Crippen LogP contribution >= 0.6 is 0 Å². The number of hydrazone groups is 1. The number of nitrogens with zero attached hydrogens (tertiary/aromatic N) is 1. The van der Waals surface area contributed by atoms with Gasteiger partial charge in [-0.15, -0.1) is 0 Å². The first-order valence-electron chi connectivity index (χ1n) is 9.10. The van der Waals surface area contributed by atoms with Crippen molar-refractivity contribution in [3.63, 3.8) is 0 Å². The lowest BCUT2D eigenvalue weighted by Crippen LogP contribution is -2.20. The lowest BCUT2D eigenvalue weighted by atomic mass is 10.2. The molecule has 0 atom stereocenters. The van der Waals surface area contributed by atoms with Gasteiger partial charge in [-0.2, -0.15) is 5.10 Å². The van der Waals surface area contributed by atoms with Crippen LogP contribution in [0.3, 0.4) is 0 Å². The number of amides is 2. The van der Waals surface area contributed by atoms with Gasteiger partial charge in [0.1, 0.15) is 11.5 Å². The SMILES string of the molecule is CCCOc1ccccc1C=NNC(=O)CCC(=O)Nc1ccc(OC)cc1. The Balaban J connectivity index is 1.76. The highest BCUT2D eigenvalue weighted by atomic mass is 16.5. The molecule has 2 rings (SSSR count). The number of methoxy groups -OCH3 is 1. The van der Waals surface area contributed by atoms with Crippen LogP contribution in [0.4, 0.5) is 5.69 Å². The number of carbonyl (C=O) groups is 2. The summed E-state index contributed by atoms with van der Waals surface area (Å²) in [4.78, 5) is 23.8. The van der Waals surface area contributed by atoms with E-state index in [9.17, 15) is 9.59 Å². The zero-order chi connectivity index (χ0) is 20.2. The lowest BCUT2D eigenvalue weighted by molar-refractivity contribution is -0.124. The van der Waals surface area contributed by atoms with Crippen LogP contribution in [0.15, 0.2) is 53.6 Å². The average molecular weight is 383 g/mol. The minimum atomic E-state index is -0.340. The molecule has 0 radical (unpaired) electrons. The van der Waals surface area contributed by atoms with Crippen LogP contribution in [0.1, 0.15) is 31.7 Å². The summed E-state index contributed by atoms with van der Waals surface area (Å²) < 4.78 is 10.7. The van der Waals surface area contributed by atoms with Gasteiger partial charge in [-0.05, 0) is 42.8 Å². The van der Waals surface area contributed by atoms with Crippen molar-refractivity contribution in [1.29, 1.82) is 0 Å². The van der Waals surface area contributed by atoms with E-state index < -0.39 is 0 Å². The van der Waals surface area contributed by atoms with Gasteiger partial charge in [0, 0.05) is 24.1 Å². The Morgan fingerprint density at radius 1 is 1.04 bits per heavy atom. The number of carbonyl (C=O) groups excluding carboxylic acids is 2. The fraction of sp³-hybridized carbons (Fsp3) is 0.286. The molecule has 28 heavy (non-hydrogen) atoms. The molecule has 0 aliphatic carbocycles. The molecule has 148 valence electrons. The minimum Gasteiger partial charge on any atom is -0.497 e. The van der Waals surface area contributed by atoms with Crippen molar-refractivity contribution in [2.45, 2.75) is 26.2 Å². The molecule has 0 aliphatic heterocycles. The summed E-state index contributed by atoms with van der Waals surface area (Å²) in [6, 6.07) is 14.4. The minimum absolute atomic E-state index is 0.0350. The number of para-hydroxylation sites is 1. The number of anilines is 1. The normalized spacial score (nSPS) is 10.5. The molecular formula is C21H25N3O4. The fourth-order valence-electron chi connectivity index (χ4n) is 2.29. The van der Waals surface area contributed by atoms with E-state index in [0.717, 1.165) is 12.0 Å². The predicted octanol–water partition coefficient (Wildman–Crippen LogP) is 3.35. The van der Waals surface area contributed by atoms with Crippen molar-refractivity contribution in [2.24, 2.45) is 5.10 Å². The quantitative estimate of drug-likeness (QED) is 0.486. The Bertz CT molecular complexity index is 804. The molecule has 7 nitrogen and oxygen atoms in total. The maximum atomic E-state index is 11.9. The van der Waals surface area contributed by atoms with Crippen LogP contribution < -0.4 is 20.2 Å². The first kappa shape index (κ1) is 21.0. The Hall–Kier alpha value is -3.35. The molecule has 2 aromatic carbocycles. The van der Waals surface area contributed by atoms with Gasteiger partial charge in [-0.3, -0.25) is 9.59 Å². The number of nitrogens with one attached hydrogen (secondary N) is 2. The van der Waals surface area contributed by atoms with Gasteiger partial charge in [-0.1, -0.05) is 19.1 Å². The summed E-state index contributed by atoms with van der Waals surface area (Å²) in [5.74, 6) is 0.828. The van der Waals surface area contributed by atoms with Crippen LogP contribution in [0.2, 0.25) is 0 Å². The third-order valence-corrected chi connectivity index (χ3v) is 3.73. The van der Waals surface area contributed by atoms with Crippen LogP contribution in [0, 0.1) is 0 Å². The fourth-order valence-corrected chi connectivity index (χ4v) is 2.29. The standard InChI is InChI=1S/C21H25N3O4/c1-3-14-28-19-7-5-4-6-16(19)15-22-24-21(26)13-12-20(25)23-17-8-10-18(27-2)11-9-17/h4-11,15H,3,12-14H2,1-2H3,(H,23,25)(H,24,26). The first-order chi connectivity index (χ1) is 13.6. The number of rotatable bonds is 10. The molecule has 0 aliphatic rings. The van der Waals surface area contributed by atoms with Crippen molar-refractivity contribution >= 4 is 23.7 Å². The van der Waals surface area contributed by atoms with Gasteiger partial charge in [0.2, 0.25) is 11.8 Å². The number of ether oxygens (including phenoxy) is 2. The van der Waals surface area contributed by atoms with E-state index in [4.69, 9.17) is 9.47 Å². The van der Waals surface area contributed by atoms with Crippen LogP contribution in [-0.2, 0) is 9.59 Å². The molecule has 2 aromatic rings. The maximum absolute atomic E-state index is 11.9. The van der Waals surface area contributed by atoms with Crippen LogP contribution in [0.5, 0.6) is 11.5 Å². The van der Waals surface area contributed by atoms with Crippen molar-refractivity contribution in [3.8, 4) is 11.5 Å². The monoisotopic (exact) mass is 383 g/mol. The molecule has 0 bridgehead atoms. The van der Waals surface area contributed by atoms with E-state index in [1.807, 2.05) is 31.2 Å². The summed E-state index contributed by atoms with van der Waals surface area (Å²) >= 11 is 0. The Kier molecular flexibility index (Phi) is 8.52. The highest BCUT2D eigenvalue weighted by Gasteiger charge is 2.07. The van der Waals surface area contributed by atoms with Crippen LogP contribution in [0.25, 0.3) is 0 Å². The second-order valence-corrected chi connectivity index (χ2v) is 5.96. The molecule has 0 aromatic heterocycles. The molecule has 0 heterocycles. The third-order valence-electron chi connectivity index (χ3n) is 3.73. The predicted molar refractivity (Wildman–Crippen MR) is 109 cm³/mol. The van der Waals surface area contributed by atoms with Gasteiger partial charge >= 0.3 is 0 Å². The van der Waals surface area contributed by atoms with Crippen molar-refractivity contribution in [1.82, 2.24) is 5.43 Å². The first-order valence-corrected chi connectivity index (χ1v) is 9.10. The molecule has 0 spiro atoms. The zero-order valence-electron chi connectivity index (χ0n) is 16.1. The van der Waals surface area contributed by atoms with Crippen molar-refractivity contribution < 1.29 is 19.1 Å². The molecule has 0 saturated carbocycles. The Labute approximate surface area is 164 Å². The zero-order valence-corrected chi connectivity index (χ0v) is 16.1. The van der Waals surface area contributed by atoms with Gasteiger partial charge in [-0.25, -0.2) is 5.43 Å². The summed E-state index contributed by atoms with van der Waals surface area (Å²) in [6.45, 7) is 2.64.